The highest BCUT2D eigenvalue weighted by atomic mass is 16.3. The first-order valence-electron chi connectivity index (χ1n) is 24.3. The van der Waals surface area contributed by atoms with E-state index < -0.39 is 23.6 Å². The van der Waals surface area contributed by atoms with E-state index in [1.54, 1.807) is 29.2 Å². The van der Waals surface area contributed by atoms with Crippen molar-refractivity contribution in [2.75, 3.05) is 105 Å². The number of terminal acetylenes is 1. The van der Waals surface area contributed by atoms with Gasteiger partial charge in [-0.05, 0) is 67.0 Å². The van der Waals surface area contributed by atoms with Gasteiger partial charge in [-0.3, -0.25) is 14.5 Å². The van der Waals surface area contributed by atoms with Crippen molar-refractivity contribution >= 4 is 41.0 Å². The minimum absolute atomic E-state index is 0.0172. The molecule has 2 aromatic carbocycles. The van der Waals surface area contributed by atoms with E-state index in [0.29, 0.717) is 36.8 Å². The fraction of sp³-hybridized carbons (Fsp3) is 0.510. The number of aliphatic hydroxyl groups is 1. The molecule has 0 bridgehead atoms. The van der Waals surface area contributed by atoms with Crippen LogP contribution in [0.4, 0.5) is 27.9 Å². The number of hydrogen-bond acceptors (Lipinski definition) is 14. The maximum atomic E-state index is 14.2. The maximum absolute atomic E-state index is 14.2. The van der Waals surface area contributed by atoms with Crippen molar-refractivity contribution in [2.24, 2.45) is 11.3 Å². The summed E-state index contributed by atoms with van der Waals surface area (Å²) in [5, 5.41) is 39.2. The predicted molar refractivity (Wildman–Crippen MR) is 267 cm³/mol. The Balaban J connectivity index is 0.772. The number of phenolic OH excluding ortho intramolecular Hbond substituents is 1. The molecule has 8 rings (SSSR count). The molecule has 4 fully saturated rings. The fourth-order valence-corrected chi connectivity index (χ4v) is 9.76. The van der Waals surface area contributed by atoms with E-state index >= 15 is 0 Å². The molecule has 0 radical (unpaired) electrons. The standard InChI is InChI=1S/C51H67N13O5/c1-6-35-12-14-36(15-13-35)30-53-47(67)43-28-39(65)34-64(43)48(68)45(51(3,4)5)56-50(69)63-22-20-59(21-23-63)33-37-16-18-60(19-17-37)38-31-54-49(55-32-38)62-26-24-61(25-27-62)42-29-41(57-58-46(42)52-7-2)40-10-8-9-11-44(40)66/h1,8-15,29,31-32,37,39,43,45,65-66H,7,16-28,30,33-34H2,2-5H3,(H,52,58)(H,53,67)(H,56,69)/t39-,43+,45-/m1/s1. The second-order valence-electron chi connectivity index (χ2n) is 19.6. The van der Waals surface area contributed by atoms with Crippen LogP contribution in [0.15, 0.2) is 67.0 Å². The maximum Gasteiger partial charge on any atom is 0.318 e. The number of likely N-dealkylation sites (tertiary alicyclic amines) is 1. The molecule has 0 aliphatic carbocycles. The molecule has 4 aromatic rings. The molecule has 18 nitrogen and oxygen atoms in total. The van der Waals surface area contributed by atoms with Gasteiger partial charge in [0.2, 0.25) is 17.8 Å². The third-order valence-corrected chi connectivity index (χ3v) is 13.8. The summed E-state index contributed by atoms with van der Waals surface area (Å²) in [6.45, 7) is 17.1. The zero-order valence-electron chi connectivity index (χ0n) is 40.3. The number of urea groups is 1. The number of piperidine rings is 1. The van der Waals surface area contributed by atoms with E-state index in [-0.39, 0.29) is 43.1 Å². The van der Waals surface area contributed by atoms with Crippen LogP contribution in [0.2, 0.25) is 0 Å². The zero-order valence-corrected chi connectivity index (χ0v) is 40.3. The largest absolute Gasteiger partial charge is 0.507 e. The number of β-amino-alcohol motifs (C(OH)–C–C–N with tert-alkyl or cyclic N) is 1. The average molecular weight is 942 g/mol. The molecule has 366 valence electrons. The molecule has 4 aliphatic heterocycles. The first kappa shape index (κ1) is 48.7. The van der Waals surface area contributed by atoms with Crippen LogP contribution < -0.4 is 30.7 Å². The molecule has 6 heterocycles. The molecule has 0 unspecified atom stereocenters. The van der Waals surface area contributed by atoms with Crippen LogP contribution in [0.25, 0.3) is 11.3 Å². The Kier molecular flexibility index (Phi) is 15.3. The Hall–Kier alpha value is -6.71. The SMILES string of the molecule is C#Cc1ccc(CNC(=O)[C@@H]2C[C@@H](O)CN2C(=O)[C@@H](NC(=O)N2CCN(CC3CCN(c4cnc(N5CCN(c6cc(-c7ccccc7O)nnc6NCC)CC5)nc4)CC3)CC2)C(C)(C)C)cc1. The van der Waals surface area contributed by atoms with Crippen LogP contribution in [0, 0.1) is 23.7 Å². The highest BCUT2D eigenvalue weighted by molar-refractivity contribution is 5.93. The lowest BCUT2D eigenvalue weighted by molar-refractivity contribution is -0.142. The van der Waals surface area contributed by atoms with Gasteiger partial charge in [0, 0.05) is 109 Å². The summed E-state index contributed by atoms with van der Waals surface area (Å²) in [6.07, 6.45) is 10.7. The molecule has 0 spiro atoms. The first-order valence-corrected chi connectivity index (χ1v) is 24.3. The molecule has 4 saturated heterocycles. The number of para-hydroxylation sites is 1. The lowest BCUT2D eigenvalue weighted by atomic mass is 9.85. The quantitative estimate of drug-likeness (QED) is 0.122. The Bertz CT molecular complexity index is 2440. The van der Waals surface area contributed by atoms with Gasteiger partial charge in [-0.2, -0.15) is 0 Å². The number of anilines is 4. The van der Waals surface area contributed by atoms with Crippen LogP contribution in [0.5, 0.6) is 5.75 Å². The van der Waals surface area contributed by atoms with E-state index in [4.69, 9.17) is 16.4 Å². The highest BCUT2D eigenvalue weighted by Crippen LogP contribution is 2.34. The van der Waals surface area contributed by atoms with Crippen molar-refractivity contribution in [3.8, 4) is 29.4 Å². The predicted octanol–water partition coefficient (Wildman–Crippen LogP) is 3.62. The summed E-state index contributed by atoms with van der Waals surface area (Å²) >= 11 is 0. The second kappa shape index (κ2) is 21.7. The van der Waals surface area contributed by atoms with Gasteiger partial charge in [0.25, 0.3) is 0 Å². The third kappa shape index (κ3) is 11.8. The van der Waals surface area contributed by atoms with Crippen molar-refractivity contribution in [1.82, 2.24) is 45.5 Å². The Morgan fingerprint density at radius 2 is 1.55 bits per heavy atom. The number of phenols is 1. The van der Waals surface area contributed by atoms with E-state index in [1.165, 1.54) is 4.90 Å². The monoisotopic (exact) mass is 942 g/mol. The normalized spacial score (nSPS) is 19.8. The molecule has 18 heteroatoms. The van der Waals surface area contributed by atoms with Gasteiger partial charge in [-0.15, -0.1) is 16.6 Å². The first-order chi connectivity index (χ1) is 33.3. The van der Waals surface area contributed by atoms with Crippen molar-refractivity contribution in [2.45, 2.75) is 71.7 Å². The van der Waals surface area contributed by atoms with Gasteiger partial charge >= 0.3 is 6.03 Å². The van der Waals surface area contributed by atoms with E-state index in [0.717, 1.165) is 106 Å². The van der Waals surface area contributed by atoms with E-state index in [2.05, 4.69) is 51.7 Å². The number of aromatic nitrogens is 4. The number of aromatic hydroxyl groups is 1. The summed E-state index contributed by atoms with van der Waals surface area (Å²) < 4.78 is 0. The number of hydrogen-bond donors (Lipinski definition) is 5. The number of nitrogens with zero attached hydrogens (tertiary/aromatic N) is 10. The minimum Gasteiger partial charge on any atom is -0.507 e. The van der Waals surface area contributed by atoms with Crippen LogP contribution in [-0.2, 0) is 16.1 Å². The third-order valence-electron chi connectivity index (χ3n) is 13.8. The van der Waals surface area contributed by atoms with Crippen molar-refractivity contribution in [3.05, 3.63) is 78.1 Å². The molecule has 4 aliphatic rings. The smallest absolute Gasteiger partial charge is 0.318 e. The van der Waals surface area contributed by atoms with Crippen molar-refractivity contribution < 1.29 is 24.6 Å². The van der Waals surface area contributed by atoms with Crippen molar-refractivity contribution in [3.63, 3.8) is 0 Å². The number of benzene rings is 2. The molecular formula is C51H67N13O5. The van der Waals surface area contributed by atoms with Gasteiger partial charge in [0.1, 0.15) is 17.8 Å². The number of amides is 4. The molecule has 69 heavy (non-hydrogen) atoms. The summed E-state index contributed by atoms with van der Waals surface area (Å²) in [5.74, 6) is 3.99. The fourth-order valence-electron chi connectivity index (χ4n) is 9.76. The van der Waals surface area contributed by atoms with Gasteiger partial charge in [-0.25, -0.2) is 14.8 Å². The molecule has 0 saturated carbocycles. The van der Waals surface area contributed by atoms with Gasteiger partial charge in [0.15, 0.2) is 5.82 Å². The van der Waals surface area contributed by atoms with E-state index in [9.17, 15) is 24.6 Å². The lowest BCUT2D eigenvalue weighted by Gasteiger charge is -2.40. The summed E-state index contributed by atoms with van der Waals surface area (Å²) in [4.78, 5) is 63.4. The number of piperazine rings is 2. The summed E-state index contributed by atoms with van der Waals surface area (Å²) in [7, 11) is 0. The number of carbonyl (C=O) groups excluding carboxylic acids is 3. The second-order valence-corrected chi connectivity index (χ2v) is 19.6. The molecule has 4 amide bonds. The highest BCUT2D eigenvalue weighted by Gasteiger charge is 2.45. The average Bonchev–Trinajstić information content (AvgIpc) is 3.77. The molecule has 5 N–H and O–H groups in total. The Morgan fingerprint density at radius 3 is 2.20 bits per heavy atom. The topological polar surface area (TPSA) is 199 Å². The number of rotatable bonds is 13. The number of nitrogens with one attached hydrogen (secondary N) is 3. The Morgan fingerprint density at radius 1 is 0.870 bits per heavy atom. The molecule has 3 atom stereocenters. The zero-order chi connectivity index (χ0) is 48.7. The van der Waals surface area contributed by atoms with E-state index in [1.807, 2.05) is 70.4 Å². The summed E-state index contributed by atoms with van der Waals surface area (Å²) in [6, 6.07) is 14.4. The number of carbonyl (C=O) groups is 3. The van der Waals surface area contributed by atoms with Crippen molar-refractivity contribution in [1.29, 1.82) is 0 Å². The van der Waals surface area contributed by atoms with Crippen LogP contribution in [0.1, 0.15) is 58.1 Å². The lowest BCUT2D eigenvalue weighted by Crippen LogP contribution is -2.61. The Labute approximate surface area is 405 Å². The summed E-state index contributed by atoms with van der Waals surface area (Å²) in [5.41, 5.74) is 4.21. The van der Waals surface area contributed by atoms with Crippen LogP contribution >= 0.6 is 0 Å². The van der Waals surface area contributed by atoms with Gasteiger partial charge in [-0.1, -0.05) is 51.0 Å². The molecule has 2 aromatic heterocycles. The molecular weight excluding hydrogens is 875 g/mol. The van der Waals surface area contributed by atoms with Crippen LogP contribution in [-0.4, -0.2) is 166 Å². The van der Waals surface area contributed by atoms with Crippen LogP contribution in [0.3, 0.4) is 0 Å². The van der Waals surface area contributed by atoms with Gasteiger partial charge in [0.05, 0.1) is 35.6 Å². The minimum atomic E-state index is -0.900. The number of aliphatic hydroxyl groups excluding tert-OH is 1. The van der Waals surface area contributed by atoms with Gasteiger partial charge < -0.3 is 50.7 Å².